The molecule has 3 rings (SSSR count). The smallest absolute Gasteiger partial charge is 0.296 e. The number of phenols is 2. The second-order valence-electron chi connectivity index (χ2n) is 6.46. The van der Waals surface area contributed by atoms with Gasteiger partial charge in [-0.25, -0.2) is 0 Å². The zero-order chi connectivity index (χ0) is 24.9. The molecule has 0 saturated carbocycles. The fraction of sp³-hybridized carbons (Fsp3) is 0. The first kappa shape index (κ1) is 24.3. The summed E-state index contributed by atoms with van der Waals surface area (Å²) < 4.78 is 98.7. The molecule has 0 bridgehead atoms. The van der Waals surface area contributed by atoms with Gasteiger partial charge in [-0.05, 0) is 35.7 Å². The van der Waals surface area contributed by atoms with Crippen LogP contribution in [0.25, 0.3) is 10.8 Å². The normalized spacial score (nSPS) is 13.1. The molecule has 0 saturated heterocycles. The molecule has 0 atom stereocenters. The van der Waals surface area contributed by atoms with Crippen LogP contribution in [0.5, 0.6) is 11.5 Å². The molecular weight excluding hydrogens is 506 g/mol. The molecule has 0 heterocycles. The maximum absolute atomic E-state index is 11.9. The highest BCUT2D eigenvalue weighted by Gasteiger charge is 2.28. The maximum Gasteiger partial charge on any atom is 0.296 e. The number of fused-ring (bicyclic) bond motifs is 1. The first-order valence-corrected chi connectivity index (χ1v) is 12.6. The average Bonchev–Trinajstić information content (AvgIpc) is 2.65. The van der Waals surface area contributed by atoms with E-state index in [1.807, 2.05) is 0 Å². The van der Waals surface area contributed by atoms with Crippen molar-refractivity contribution in [3.63, 3.8) is 0 Å². The number of phenolic OH excluding ortho intramolecular Hbond substituents is 2. The summed E-state index contributed by atoms with van der Waals surface area (Å²) in [5.41, 5.74) is 4.35. The number of nitrogens with two attached hydrogens (primary N) is 1. The van der Waals surface area contributed by atoms with Crippen molar-refractivity contribution in [2.75, 3.05) is 5.73 Å². The molecule has 0 spiro atoms. The number of azo groups is 1. The molecule has 0 unspecified atom stereocenters. The Balaban J connectivity index is 2.48. The Kier molecular flexibility index (Phi) is 5.82. The minimum absolute atomic E-state index is 0.145. The van der Waals surface area contributed by atoms with Crippen molar-refractivity contribution in [1.29, 1.82) is 0 Å². The zero-order valence-corrected chi connectivity index (χ0v) is 18.3. The van der Waals surface area contributed by atoms with Gasteiger partial charge in [-0.1, -0.05) is 0 Å². The Hall–Kier alpha value is -3.35. The summed E-state index contributed by atoms with van der Waals surface area (Å²) >= 11 is 0. The second kappa shape index (κ2) is 7.90. The molecule has 3 aromatic carbocycles. The van der Waals surface area contributed by atoms with E-state index in [1.165, 1.54) is 12.1 Å². The highest BCUT2D eigenvalue weighted by Crippen LogP contribution is 2.45. The van der Waals surface area contributed by atoms with Crippen LogP contribution in [0.1, 0.15) is 0 Å². The lowest BCUT2D eigenvalue weighted by molar-refractivity contribution is 0.469. The summed E-state index contributed by atoms with van der Waals surface area (Å²) in [6, 6.07) is 4.97. The van der Waals surface area contributed by atoms with E-state index in [9.17, 15) is 49.1 Å². The summed E-state index contributed by atoms with van der Waals surface area (Å²) in [7, 11) is -15.5. The molecule has 0 amide bonds. The molecule has 0 aliphatic carbocycles. The maximum atomic E-state index is 11.9. The molecule has 7 N–H and O–H groups in total. The van der Waals surface area contributed by atoms with Crippen molar-refractivity contribution >= 4 is 58.2 Å². The molecule has 33 heavy (non-hydrogen) atoms. The van der Waals surface area contributed by atoms with E-state index in [1.54, 1.807) is 0 Å². The van der Waals surface area contributed by atoms with Crippen molar-refractivity contribution in [3.05, 3.63) is 36.4 Å². The number of nitrogen functional groups attached to an aromatic ring is 1. The fourth-order valence-electron chi connectivity index (χ4n) is 2.80. The first-order valence-electron chi connectivity index (χ1n) is 8.26. The van der Waals surface area contributed by atoms with Crippen LogP contribution in [0.2, 0.25) is 0 Å². The highest BCUT2D eigenvalue weighted by molar-refractivity contribution is 7.87. The van der Waals surface area contributed by atoms with Crippen LogP contribution >= 0.6 is 0 Å². The van der Waals surface area contributed by atoms with Gasteiger partial charge >= 0.3 is 0 Å². The largest absolute Gasteiger partial charge is 0.506 e. The second-order valence-corrected chi connectivity index (χ2v) is 10.7. The number of hydrogen-bond donors (Lipinski definition) is 6. The minimum Gasteiger partial charge on any atom is -0.506 e. The van der Waals surface area contributed by atoms with Crippen molar-refractivity contribution in [2.24, 2.45) is 10.2 Å². The van der Waals surface area contributed by atoms with Crippen LogP contribution in [-0.4, -0.2) is 49.1 Å². The standard InChI is InChI=1S/C16H13N3O11S3/c17-8-1-2-10(11(20)5-8)18-19-15-13(33(28,29)30)4-7-3-9(31(22,23)24)6-12(32(25,26)27)14(7)16(15)21/h1-6,20-21H,17H2,(H,22,23,24)(H,25,26,27)(H,28,29,30). The Morgan fingerprint density at radius 1 is 0.727 bits per heavy atom. The van der Waals surface area contributed by atoms with Gasteiger partial charge in [0.2, 0.25) is 0 Å². The molecule has 3 aromatic rings. The Morgan fingerprint density at radius 2 is 1.33 bits per heavy atom. The van der Waals surface area contributed by atoms with Crippen molar-refractivity contribution in [2.45, 2.75) is 14.7 Å². The predicted molar refractivity (Wildman–Crippen MR) is 112 cm³/mol. The lowest BCUT2D eigenvalue weighted by Crippen LogP contribution is -2.06. The van der Waals surface area contributed by atoms with Gasteiger partial charge in [-0.2, -0.15) is 25.3 Å². The molecule has 0 aliphatic rings. The summed E-state index contributed by atoms with van der Waals surface area (Å²) in [6.45, 7) is 0. The third kappa shape index (κ3) is 4.87. The predicted octanol–water partition coefficient (Wildman–Crippen LogP) is 1.99. The number of aromatic hydroxyl groups is 2. The molecule has 14 nitrogen and oxygen atoms in total. The third-order valence-corrected chi connectivity index (χ3v) is 6.77. The molecule has 17 heteroatoms. The van der Waals surface area contributed by atoms with E-state index in [2.05, 4.69) is 10.2 Å². The molecule has 176 valence electrons. The molecular formula is C16H13N3O11S3. The van der Waals surface area contributed by atoms with Crippen LogP contribution in [0, 0.1) is 0 Å². The summed E-state index contributed by atoms with van der Waals surface area (Å²) in [5.74, 6) is -1.74. The number of anilines is 1. The van der Waals surface area contributed by atoms with Gasteiger partial charge < -0.3 is 15.9 Å². The van der Waals surface area contributed by atoms with Crippen LogP contribution in [-0.2, 0) is 30.4 Å². The fourth-order valence-corrected chi connectivity index (χ4v) is 4.82. The summed E-state index contributed by atoms with van der Waals surface area (Å²) in [4.78, 5) is -3.43. The Bertz CT molecular complexity index is 1660. The summed E-state index contributed by atoms with van der Waals surface area (Å²) in [5, 5.41) is 26.1. The molecule has 0 aromatic heterocycles. The van der Waals surface area contributed by atoms with Gasteiger partial charge in [0.15, 0.2) is 5.75 Å². The lowest BCUT2D eigenvalue weighted by Gasteiger charge is -2.12. The summed E-state index contributed by atoms with van der Waals surface area (Å²) in [6.07, 6.45) is 0. The number of nitrogens with zero attached hydrogens (tertiary/aromatic N) is 2. The topological polar surface area (TPSA) is 254 Å². The van der Waals surface area contributed by atoms with Crippen LogP contribution < -0.4 is 5.73 Å². The minimum atomic E-state index is -5.25. The van der Waals surface area contributed by atoms with Gasteiger partial charge in [0.25, 0.3) is 30.4 Å². The van der Waals surface area contributed by atoms with Crippen molar-refractivity contribution in [3.8, 4) is 11.5 Å². The van der Waals surface area contributed by atoms with E-state index in [0.29, 0.717) is 18.2 Å². The molecule has 0 radical (unpaired) electrons. The van der Waals surface area contributed by atoms with Gasteiger partial charge in [-0.3, -0.25) is 13.7 Å². The lowest BCUT2D eigenvalue weighted by atomic mass is 10.1. The van der Waals surface area contributed by atoms with Crippen LogP contribution in [0.4, 0.5) is 17.1 Å². The van der Waals surface area contributed by atoms with Gasteiger partial charge in [-0.15, -0.1) is 10.2 Å². The monoisotopic (exact) mass is 519 g/mol. The SMILES string of the molecule is Nc1ccc(N=Nc2c(S(=O)(=O)O)cc3cc(S(=O)(=O)O)cc(S(=O)(=O)O)c3c2O)c(O)c1. The van der Waals surface area contributed by atoms with Crippen LogP contribution in [0.15, 0.2) is 61.3 Å². The number of hydrogen-bond acceptors (Lipinski definition) is 11. The van der Waals surface area contributed by atoms with E-state index in [-0.39, 0.29) is 11.4 Å². The van der Waals surface area contributed by atoms with E-state index in [4.69, 9.17) is 5.73 Å². The molecule has 0 fully saturated rings. The number of benzene rings is 3. The van der Waals surface area contributed by atoms with Gasteiger partial charge in [0.05, 0.1) is 4.90 Å². The van der Waals surface area contributed by atoms with Crippen molar-refractivity contribution in [1.82, 2.24) is 0 Å². The highest BCUT2D eigenvalue weighted by atomic mass is 32.2. The van der Waals surface area contributed by atoms with E-state index >= 15 is 0 Å². The van der Waals surface area contributed by atoms with Crippen LogP contribution in [0.3, 0.4) is 0 Å². The average molecular weight is 519 g/mol. The van der Waals surface area contributed by atoms with E-state index < -0.39 is 73.0 Å². The van der Waals surface area contributed by atoms with E-state index in [0.717, 1.165) is 6.07 Å². The quantitative estimate of drug-likeness (QED) is 0.161. The van der Waals surface area contributed by atoms with Gasteiger partial charge in [0, 0.05) is 17.1 Å². The van der Waals surface area contributed by atoms with Gasteiger partial charge in [0.1, 0.15) is 26.9 Å². The molecule has 0 aliphatic heterocycles. The Labute approximate surface area is 185 Å². The first-order chi connectivity index (χ1) is 15.0. The zero-order valence-electron chi connectivity index (χ0n) is 15.8. The van der Waals surface area contributed by atoms with Crippen molar-refractivity contribution < 1.29 is 49.1 Å². The number of rotatable bonds is 5. The third-order valence-electron chi connectivity index (χ3n) is 4.20. The Morgan fingerprint density at radius 3 is 1.85 bits per heavy atom.